The van der Waals surface area contributed by atoms with E-state index in [9.17, 15) is 18.8 Å². The van der Waals surface area contributed by atoms with E-state index < -0.39 is 17.1 Å². The summed E-state index contributed by atoms with van der Waals surface area (Å²) in [5.41, 5.74) is -0.942. The largest absolute Gasteiger partial charge is 0.450 e. The Labute approximate surface area is 175 Å². The predicted molar refractivity (Wildman–Crippen MR) is 111 cm³/mol. The number of aromatic nitrogens is 4. The number of H-pyrrole nitrogens is 1. The number of ether oxygens (including phenoxy) is 1. The fraction of sp³-hybridized carbons (Fsp3) is 0.350. The van der Waals surface area contributed by atoms with Crippen LogP contribution in [-0.2, 0) is 11.3 Å². The van der Waals surface area contributed by atoms with Crippen molar-refractivity contribution in [2.24, 2.45) is 0 Å². The van der Waals surface area contributed by atoms with Crippen molar-refractivity contribution in [2.75, 3.05) is 37.7 Å². The van der Waals surface area contributed by atoms with E-state index in [0.717, 1.165) is 4.57 Å². The van der Waals surface area contributed by atoms with Crippen LogP contribution in [0.25, 0.3) is 11.0 Å². The van der Waals surface area contributed by atoms with Crippen molar-refractivity contribution in [2.45, 2.75) is 13.5 Å². The van der Waals surface area contributed by atoms with E-state index in [1.54, 1.807) is 17.9 Å². The number of hydrogen-bond donors (Lipinski definition) is 1. The van der Waals surface area contributed by atoms with Crippen LogP contribution >= 0.6 is 0 Å². The molecule has 0 radical (unpaired) electrons. The van der Waals surface area contributed by atoms with Gasteiger partial charge >= 0.3 is 11.8 Å². The lowest BCUT2D eigenvalue weighted by Gasteiger charge is -2.33. The number of hydrogen-bond acceptors (Lipinski definition) is 7. The van der Waals surface area contributed by atoms with Crippen molar-refractivity contribution in [3.8, 4) is 0 Å². The number of carbonyl (C=O) groups is 1. The van der Waals surface area contributed by atoms with Crippen LogP contribution in [0.2, 0.25) is 0 Å². The molecule has 4 rings (SSSR count). The Hall–Kier alpha value is -3.76. The monoisotopic (exact) mass is 428 g/mol. The van der Waals surface area contributed by atoms with E-state index in [-0.39, 0.29) is 29.2 Å². The number of rotatable bonds is 4. The molecule has 162 valence electrons. The third-order valence-electron chi connectivity index (χ3n) is 5.10. The number of piperazine rings is 1. The van der Waals surface area contributed by atoms with Crippen molar-refractivity contribution in [1.29, 1.82) is 0 Å². The summed E-state index contributed by atoms with van der Waals surface area (Å²) in [6.07, 6.45) is 0.993. The Bertz CT molecular complexity index is 1230. The number of benzene rings is 1. The zero-order valence-electron chi connectivity index (χ0n) is 16.9. The van der Waals surface area contributed by atoms with Crippen molar-refractivity contribution in [3.63, 3.8) is 0 Å². The summed E-state index contributed by atoms with van der Waals surface area (Å²) in [7, 11) is 0. The van der Waals surface area contributed by atoms with E-state index >= 15 is 0 Å². The minimum Gasteiger partial charge on any atom is -0.450 e. The summed E-state index contributed by atoms with van der Waals surface area (Å²) in [4.78, 5) is 51.8. The topological polar surface area (TPSA) is 113 Å². The van der Waals surface area contributed by atoms with E-state index in [1.165, 1.54) is 24.4 Å². The maximum Gasteiger partial charge on any atom is 0.409 e. The second-order valence-electron chi connectivity index (χ2n) is 7.02. The highest BCUT2D eigenvalue weighted by molar-refractivity contribution is 5.73. The molecule has 0 unspecified atom stereocenters. The molecule has 0 bridgehead atoms. The highest BCUT2D eigenvalue weighted by atomic mass is 19.1. The molecule has 0 spiro atoms. The molecule has 1 amide bonds. The highest BCUT2D eigenvalue weighted by Crippen LogP contribution is 2.14. The first-order valence-corrected chi connectivity index (χ1v) is 9.88. The second kappa shape index (κ2) is 8.54. The minimum atomic E-state index is -0.683. The number of fused-ring (bicyclic) bond motifs is 1. The molecular formula is C20H21FN6O4. The fourth-order valence-corrected chi connectivity index (χ4v) is 3.43. The summed E-state index contributed by atoms with van der Waals surface area (Å²) in [5.74, 6) is -0.152. The first-order valence-electron chi connectivity index (χ1n) is 9.88. The predicted octanol–water partition coefficient (Wildman–Crippen LogP) is 0.946. The van der Waals surface area contributed by atoms with Gasteiger partial charge in [0.05, 0.1) is 13.2 Å². The molecule has 31 heavy (non-hydrogen) atoms. The standard InChI is InChI=1S/C20H21FN6O4/c1-2-31-20(30)26-9-7-25(8-10-26)18-22-11-14-16(23-18)24-19(29)27(17(14)28)12-13-5-3-4-6-15(13)21/h3-6,11H,2,7-10,12H2,1H3,(H,22,23,24,29). The van der Waals surface area contributed by atoms with Gasteiger partial charge in [-0.25, -0.2) is 19.0 Å². The maximum absolute atomic E-state index is 13.9. The number of anilines is 1. The minimum absolute atomic E-state index is 0.109. The van der Waals surface area contributed by atoms with Crippen molar-refractivity contribution in [3.05, 3.63) is 62.7 Å². The molecule has 0 saturated carbocycles. The number of carbonyl (C=O) groups excluding carboxylic acids is 1. The van der Waals surface area contributed by atoms with Gasteiger partial charge in [0.2, 0.25) is 5.95 Å². The van der Waals surface area contributed by atoms with E-state index in [4.69, 9.17) is 4.74 Å². The smallest absolute Gasteiger partial charge is 0.409 e. The van der Waals surface area contributed by atoms with Crippen LogP contribution in [0.1, 0.15) is 12.5 Å². The average molecular weight is 428 g/mol. The molecule has 1 aliphatic heterocycles. The van der Waals surface area contributed by atoms with Crippen molar-refractivity contribution in [1.82, 2.24) is 24.4 Å². The van der Waals surface area contributed by atoms with Gasteiger partial charge in [0.1, 0.15) is 11.2 Å². The average Bonchev–Trinajstić information content (AvgIpc) is 2.77. The number of nitrogens with zero attached hydrogens (tertiary/aromatic N) is 5. The Morgan fingerprint density at radius 2 is 1.94 bits per heavy atom. The van der Waals surface area contributed by atoms with Gasteiger partial charge < -0.3 is 14.5 Å². The molecule has 1 fully saturated rings. The summed E-state index contributed by atoms with van der Waals surface area (Å²) >= 11 is 0. The number of nitrogens with one attached hydrogen (secondary N) is 1. The second-order valence-corrected chi connectivity index (χ2v) is 7.02. The van der Waals surface area contributed by atoms with Gasteiger partial charge in [-0.15, -0.1) is 0 Å². The normalized spacial score (nSPS) is 14.1. The van der Waals surface area contributed by atoms with Crippen molar-refractivity contribution >= 4 is 23.1 Å². The summed E-state index contributed by atoms with van der Waals surface area (Å²) < 4.78 is 19.9. The molecule has 1 saturated heterocycles. The lowest BCUT2D eigenvalue weighted by atomic mass is 10.2. The van der Waals surface area contributed by atoms with Crippen LogP contribution in [0.5, 0.6) is 0 Å². The Morgan fingerprint density at radius 3 is 2.65 bits per heavy atom. The molecule has 1 aromatic carbocycles. The number of aromatic amines is 1. The van der Waals surface area contributed by atoms with Crippen LogP contribution in [0.3, 0.4) is 0 Å². The van der Waals surface area contributed by atoms with Crippen molar-refractivity contribution < 1.29 is 13.9 Å². The SMILES string of the molecule is CCOC(=O)N1CCN(c2ncc3c(=O)n(Cc4ccccc4F)c(=O)[nH]c3n2)CC1. The highest BCUT2D eigenvalue weighted by Gasteiger charge is 2.24. The van der Waals surface area contributed by atoms with E-state index in [0.29, 0.717) is 38.7 Å². The lowest BCUT2D eigenvalue weighted by Crippen LogP contribution is -2.49. The Balaban J connectivity index is 1.58. The molecule has 11 heteroatoms. The molecule has 0 atom stereocenters. The molecule has 3 heterocycles. The molecule has 1 N–H and O–H groups in total. The number of amides is 1. The van der Waals surface area contributed by atoms with Gasteiger partial charge in [-0.3, -0.25) is 14.3 Å². The zero-order valence-corrected chi connectivity index (χ0v) is 16.9. The fourth-order valence-electron chi connectivity index (χ4n) is 3.43. The quantitative estimate of drug-likeness (QED) is 0.658. The van der Waals surface area contributed by atoms with E-state index in [2.05, 4.69) is 15.0 Å². The molecule has 10 nitrogen and oxygen atoms in total. The van der Waals surface area contributed by atoms with Crippen LogP contribution in [0.15, 0.2) is 40.1 Å². The first kappa shape index (κ1) is 20.5. The zero-order chi connectivity index (χ0) is 22.0. The molecular weight excluding hydrogens is 407 g/mol. The molecule has 3 aromatic rings. The Kier molecular flexibility index (Phi) is 5.65. The summed E-state index contributed by atoms with van der Waals surface area (Å²) in [6.45, 7) is 3.73. The molecule has 2 aromatic heterocycles. The van der Waals surface area contributed by atoms with E-state index in [1.807, 2.05) is 4.90 Å². The summed E-state index contributed by atoms with van der Waals surface area (Å²) in [5, 5.41) is 0.129. The third-order valence-corrected chi connectivity index (χ3v) is 5.10. The van der Waals surface area contributed by atoms with Crippen LogP contribution in [0.4, 0.5) is 15.1 Å². The van der Waals surface area contributed by atoms with Crippen LogP contribution in [0, 0.1) is 5.82 Å². The maximum atomic E-state index is 13.9. The lowest BCUT2D eigenvalue weighted by molar-refractivity contribution is 0.105. The Morgan fingerprint density at radius 1 is 1.19 bits per heavy atom. The molecule has 1 aliphatic rings. The van der Waals surface area contributed by atoms with Crippen LogP contribution in [-0.4, -0.2) is 63.3 Å². The van der Waals surface area contributed by atoms with Gasteiger partial charge in [0.15, 0.2) is 5.65 Å². The van der Waals surface area contributed by atoms with Gasteiger partial charge in [-0.2, -0.15) is 4.98 Å². The van der Waals surface area contributed by atoms with Gasteiger partial charge in [0.25, 0.3) is 5.56 Å². The number of halogens is 1. The third kappa shape index (κ3) is 4.11. The molecule has 0 aliphatic carbocycles. The summed E-state index contributed by atoms with van der Waals surface area (Å²) in [6, 6.07) is 5.96. The first-order chi connectivity index (χ1) is 15.0. The van der Waals surface area contributed by atoms with Gasteiger partial charge in [0, 0.05) is 37.9 Å². The van der Waals surface area contributed by atoms with Gasteiger partial charge in [-0.05, 0) is 13.0 Å². The van der Waals surface area contributed by atoms with Gasteiger partial charge in [-0.1, -0.05) is 18.2 Å². The van der Waals surface area contributed by atoms with Crippen LogP contribution < -0.4 is 16.1 Å².